The smallest absolute Gasteiger partial charge is 0.338 e. The van der Waals surface area contributed by atoms with Crippen molar-refractivity contribution in [3.05, 3.63) is 72.3 Å². The van der Waals surface area contributed by atoms with Gasteiger partial charge in [-0.2, -0.15) is 10.1 Å². The van der Waals surface area contributed by atoms with Crippen molar-refractivity contribution in [1.82, 2.24) is 19.9 Å². The first kappa shape index (κ1) is 19.2. The molecular weight excluding hydrogens is 386 g/mol. The lowest BCUT2D eigenvalue weighted by molar-refractivity contribution is 0.0459. The molecule has 0 aliphatic heterocycles. The Morgan fingerprint density at radius 1 is 1.17 bits per heavy atom. The molecule has 0 bridgehead atoms. The van der Waals surface area contributed by atoms with E-state index in [9.17, 15) is 4.79 Å². The molecule has 4 aromatic rings. The number of benzene rings is 2. The quantitative estimate of drug-likeness (QED) is 0.465. The molecule has 30 heavy (non-hydrogen) atoms. The normalized spacial score (nSPS) is 10.6. The zero-order valence-electron chi connectivity index (χ0n) is 16.4. The molecule has 2 aromatic heterocycles. The van der Waals surface area contributed by atoms with Crippen LogP contribution in [0.5, 0.6) is 5.75 Å². The second-order valence-corrected chi connectivity index (χ2v) is 6.43. The topological polar surface area (TPSA) is 104 Å². The Labute approximate surface area is 172 Å². The Morgan fingerprint density at radius 2 is 2.00 bits per heavy atom. The molecule has 2 heterocycles. The summed E-state index contributed by atoms with van der Waals surface area (Å²) in [5.41, 5.74) is 2.72. The molecule has 2 aromatic carbocycles. The summed E-state index contributed by atoms with van der Waals surface area (Å²) in [5.74, 6) is 0.860. The number of nitrogens with one attached hydrogen (secondary N) is 1. The van der Waals surface area contributed by atoms with E-state index in [4.69, 9.17) is 14.0 Å². The van der Waals surface area contributed by atoms with E-state index >= 15 is 0 Å². The van der Waals surface area contributed by atoms with Gasteiger partial charge >= 0.3 is 5.97 Å². The summed E-state index contributed by atoms with van der Waals surface area (Å²) in [7, 11) is 3.43. The summed E-state index contributed by atoms with van der Waals surface area (Å²) >= 11 is 0. The second kappa shape index (κ2) is 8.48. The van der Waals surface area contributed by atoms with Crippen LogP contribution in [0.15, 0.2) is 65.4 Å². The van der Waals surface area contributed by atoms with Crippen LogP contribution in [0.1, 0.15) is 16.2 Å². The molecule has 0 atom stereocenters. The Hall–Kier alpha value is -4.14. The fourth-order valence-corrected chi connectivity index (χ4v) is 2.75. The summed E-state index contributed by atoms with van der Waals surface area (Å²) in [6, 6.07) is 14.2. The number of hydrogen-bond acceptors (Lipinski definition) is 8. The van der Waals surface area contributed by atoms with Crippen LogP contribution in [0, 0.1) is 0 Å². The average molecular weight is 405 g/mol. The van der Waals surface area contributed by atoms with Crippen molar-refractivity contribution in [2.75, 3.05) is 12.4 Å². The molecular formula is C21H19N5O4. The Bertz CT molecular complexity index is 1150. The molecule has 0 aliphatic carbocycles. The largest absolute Gasteiger partial charge is 0.497 e. The van der Waals surface area contributed by atoms with E-state index in [1.807, 2.05) is 31.4 Å². The summed E-state index contributed by atoms with van der Waals surface area (Å²) in [6.07, 6.45) is 3.53. The molecule has 0 radical (unpaired) electrons. The zero-order valence-corrected chi connectivity index (χ0v) is 16.4. The second-order valence-electron chi connectivity index (χ2n) is 6.43. The third-order valence-corrected chi connectivity index (χ3v) is 4.23. The fraction of sp³-hybridized carbons (Fsp3) is 0.143. The highest BCUT2D eigenvalue weighted by atomic mass is 16.5. The van der Waals surface area contributed by atoms with Crippen LogP contribution in [0.2, 0.25) is 0 Å². The predicted octanol–water partition coefficient (Wildman–Crippen LogP) is 3.58. The predicted molar refractivity (Wildman–Crippen MR) is 108 cm³/mol. The van der Waals surface area contributed by atoms with Gasteiger partial charge in [-0.15, -0.1) is 0 Å². The standard InChI is InChI=1S/C21H19N5O4/c1-26-12-17(11-22-26)23-16-5-3-4-15(10-16)21(27)29-13-19-24-20(30-25-19)14-6-8-18(28-2)9-7-14/h3-12,23H,13H2,1-2H3. The number of rotatable bonds is 7. The lowest BCUT2D eigenvalue weighted by Gasteiger charge is -2.06. The van der Waals surface area contributed by atoms with E-state index in [-0.39, 0.29) is 12.4 Å². The molecule has 0 fully saturated rings. The molecule has 0 amide bonds. The number of carbonyl (C=O) groups excluding carboxylic acids is 1. The molecule has 0 unspecified atom stereocenters. The number of aromatic nitrogens is 4. The first-order valence-corrected chi connectivity index (χ1v) is 9.10. The summed E-state index contributed by atoms with van der Waals surface area (Å²) in [5, 5.41) is 11.1. The van der Waals surface area contributed by atoms with Gasteiger partial charge in [-0.25, -0.2) is 4.79 Å². The Balaban J connectivity index is 1.37. The third-order valence-electron chi connectivity index (χ3n) is 4.23. The molecule has 9 nitrogen and oxygen atoms in total. The van der Waals surface area contributed by atoms with E-state index in [0.717, 1.165) is 22.7 Å². The maximum absolute atomic E-state index is 12.4. The molecule has 9 heteroatoms. The average Bonchev–Trinajstić information content (AvgIpc) is 3.41. The molecule has 0 saturated carbocycles. The number of nitrogens with zero attached hydrogens (tertiary/aromatic N) is 4. The van der Waals surface area contributed by atoms with Crippen LogP contribution in [0.3, 0.4) is 0 Å². The van der Waals surface area contributed by atoms with Gasteiger partial charge in [-0.3, -0.25) is 4.68 Å². The minimum absolute atomic E-state index is 0.0985. The lowest BCUT2D eigenvalue weighted by atomic mass is 10.2. The van der Waals surface area contributed by atoms with Gasteiger partial charge < -0.3 is 19.3 Å². The summed E-state index contributed by atoms with van der Waals surface area (Å²) in [6.45, 7) is -0.0985. The molecule has 0 aliphatic rings. The number of hydrogen-bond donors (Lipinski definition) is 1. The van der Waals surface area contributed by atoms with Gasteiger partial charge in [0.2, 0.25) is 5.82 Å². The number of esters is 1. The van der Waals surface area contributed by atoms with Gasteiger partial charge in [0.05, 0.1) is 24.6 Å². The van der Waals surface area contributed by atoms with Crippen LogP contribution in [0.25, 0.3) is 11.5 Å². The van der Waals surface area contributed by atoms with Crippen molar-refractivity contribution in [1.29, 1.82) is 0 Å². The van der Waals surface area contributed by atoms with E-state index < -0.39 is 5.97 Å². The van der Waals surface area contributed by atoms with E-state index in [1.54, 1.807) is 48.3 Å². The maximum atomic E-state index is 12.4. The van der Waals surface area contributed by atoms with E-state index in [1.165, 1.54) is 0 Å². The van der Waals surface area contributed by atoms with Gasteiger partial charge in [0, 0.05) is 24.5 Å². The molecule has 0 saturated heterocycles. The highest BCUT2D eigenvalue weighted by Crippen LogP contribution is 2.21. The van der Waals surface area contributed by atoms with Crippen molar-refractivity contribution >= 4 is 17.3 Å². The van der Waals surface area contributed by atoms with Crippen LogP contribution >= 0.6 is 0 Å². The van der Waals surface area contributed by atoms with Crippen molar-refractivity contribution in [2.24, 2.45) is 7.05 Å². The minimum Gasteiger partial charge on any atom is -0.497 e. The Morgan fingerprint density at radius 3 is 2.73 bits per heavy atom. The number of carbonyl (C=O) groups is 1. The highest BCUT2D eigenvalue weighted by molar-refractivity contribution is 5.90. The summed E-state index contributed by atoms with van der Waals surface area (Å²) < 4.78 is 17.4. The van der Waals surface area contributed by atoms with Gasteiger partial charge in [0.25, 0.3) is 5.89 Å². The van der Waals surface area contributed by atoms with Crippen molar-refractivity contribution in [3.8, 4) is 17.2 Å². The van der Waals surface area contributed by atoms with Crippen molar-refractivity contribution in [3.63, 3.8) is 0 Å². The highest BCUT2D eigenvalue weighted by Gasteiger charge is 2.13. The zero-order chi connectivity index (χ0) is 20.9. The van der Waals surface area contributed by atoms with Crippen LogP contribution in [-0.2, 0) is 18.4 Å². The first-order chi connectivity index (χ1) is 14.6. The first-order valence-electron chi connectivity index (χ1n) is 9.10. The number of anilines is 2. The van der Waals surface area contributed by atoms with Crippen LogP contribution < -0.4 is 10.1 Å². The fourth-order valence-electron chi connectivity index (χ4n) is 2.75. The van der Waals surface area contributed by atoms with Crippen LogP contribution in [-0.4, -0.2) is 33.0 Å². The van der Waals surface area contributed by atoms with Gasteiger partial charge in [0.1, 0.15) is 5.75 Å². The van der Waals surface area contributed by atoms with Gasteiger partial charge in [-0.1, -0.05) is 11.2 Å². The van der Waals surface area contributed by atoms with Crippen molar-refractivity contribution in [2.45, 2.75) is 6.61 Å². The van der Waals surface area contributed by atoms with Gasteiger partial charge in [-0.05, 0) is 42.5 Å². The molecule has 152 valence electrons. The molecule has 0 spiro atoms. The number of ether oxygens (including phenoxy) is 2. The SMILES string of the molecule is COc1ccc(-c2nc(COC(=O)c3cccc(Nc4cnn(C)c4)c3)no2)cc1. The molecule has 1 N–H and O–H groups in total. The minimum atomic E-state index is -0.486. The third kappa shape index (κ3) is 4.46. The Kier molecular flexibility index (Phi) is 5.42. The van der Waals surface area contributed by atoms with E-state index in [2.05, 4.69) is 20.6 Å². The summed E-state index contributed by atoms with van der Waals surface area (Å²) in [4.78, 5) is 16.7. The van der Waals surface area contributed by atoms with Gasteiger partial charge in [0.15, 0.2) is 6.61 Å². The monoisotopic (exact) mass is 405 g/mol. The maximum Gasteiger partial charge on any atom is 0.338 e. The van der Waals surface area contributed by atoms with Crippen LogP contribution in [0.4, 0.5) is 11.4 Å². The van der Waals surface area contributed by atoms with E-state index in [0.29, 0.717) is 11.5 Å². The van der Waals surface area contributed by atoms with Crippen molar-refractivity contribution < 1.29 is 18.8 Å². The number of aryl methyl sites for hydroxylation is 1. The lowest BCUT2D eigenvalue weighted by Crippen LogP contribution is -2.06. The molecule has 4 rings (SSSR count). The number of methoxy groups -OCH3 is 1.